The molecule has 0 N–H and O–H groups in total. The predicted octanol–water partition coefficient (Wildman–Crippen LogP) is 4.19. The Labute approximate surface area is 141 Å². The zero-order valence-corrected chi connectivity index (χ0v) is 14.3. The number of rotatable bonds is 3. The monoisotopic (exact) mass is 394 g/mol. The van der Waals surface area contributed by atoms with Crippen LogP contribution in [0.1, 0.15) is 5.56 Å². The summed E-state index contributed by atoms with van der Waals surface area (Å²) < 4.78 is 33.8. The number of ether oxygens (including phenoxy) is 1. The maximum Gasteiger partial charge on any atom is 0.295 e. The Hall–Kier alpha value is -2.35. The minimum atomic E-state index is -4.05. The lowest BCUT2D eigenvalue weighted by Crippen LogP contribution is -2.09. The van der Waals surface area contributed by atoms with Gasteiger partial charge in [0.1, 0.15) is 5.75 Å². The van der Waals surface area contributed by atoms with Crippen molar-refractivity contribution in [3.63, 3.8) is 0 Å². The number of nitrogens with zero attached hydrogens (tertiary/aromatic N) is 4. The van der Waals surface area contributed by atoms with Crippen LogP contribution in [0.2, 0.25) is 0 Å². The first kappa shape index (κ1) is 17.0. The van der Waals surface area contributed by atoms with Crippen LogP contribution in [0.3, 0.4) is 0 Å². The Bertz CT molecular complexity index is 871. The van der Waals surface area contributed by atoms with Gasteiger partial charge in [-0.2, -0.15) is 8.42 Å². The van der Waals surface area contributed by atoms with Gasteiger partial charge in [0.25, 0.3) is 16.0 Å². The highest BCUT2D eigenvalue weighted by atomic mass is 79.9. The van der Waals surface area contributed by atoms with Crippen LogP contribution in [0.25, 0.3) is 10.4 Å². The molecule has 0 spiro atoms. The van der Waals surface area contributed by atoms with Crippen molar-refractivity contribution >= 4 is 32.0 Å². The number of halogens is 1. The fraction of sp³-hybridized carbons (Fsp3) is 0.0714. The van der Waals surface area contributed by atoms with Crippen molar-refractivity contribution in [3.8, 4) is 5.75 Å². The zero-order valence-electron chi connectivity index (χ0n) is 11.9. The minimum absolute atomic E-state index is 0.0427. The highest BCUT2D eigenvalue weighted by Crippen LogP contribution is 2.18. The molecule has 2 rings (SSSR count). The molecule has 0 heterocycles. The Balaban J connectivity index is 2.35. The molecule has 0 fully saturated rings. The maximum absolute atomic E-state index is 12.2. The standard InChI is InChI=1S/C14H11BrN4O3S/c1-10-2-6-12(7-3-10)22-14(17-19-16)18-23(20,21)13-8-4-11(15)5-9-13/h2-9H,1H3. The maximum atomic E-state index is 12.2. The third-order valence-electron chi connectivity index (χ3n) is 2.67. The van der Waals surface area contributed by atoms with E-state index in [1.54, 1.807) is 36.4 Å². The van der Waals surface area contributed by atoms with Crippen LogP contribution in [0.5, 0.6) is 5.75 Å². The molecular weight excluding hydrogens is 384 g/mol. The summed E-state index contributed by atoms with van der Waals surface area (Å²) in [4.78, 5) is 2.50. The van der Waals surface area contributed by atoms with Crippen LogP contribution in [0.15, 0.2) is 67.4 Å². The van der Waals surface area contributed by atoms with E-state index in [-0.39, 0.29) is 4.90 Å². The fourth-order valence-electron chi connectivity index (χ4n) is 1.57. The van der Waals surface area contributed by atoms with Crippen molar-refractivity contribution in [2.75, 3.05) is 0 Å². The van der Waals surface area contributed by atoms with Crippen LogP contribution in [-0.4, -0.2) is 14.4 Å². The first-order chi connectivity index (χ1) is 10.9. The van der Waals surface area contributed by atoms with Gasteiger partial charge in [-0.05, 0) is 54.0 Å². The van der Waals surface area contributed by atoms with Gasteiger partial charge in [-0.25, -0.2) is 0 Å². The van der Waals surface area contributed by atoms with Crippen LogP contribution < -0.4 is 4.74 Å². The van der Waals surface area contributed by atoms with E-state index in [9.17, 15) is 8.42 Å². The molecular formula is C14H11BrN4O3S. The normalized spacial score (nSPS) is 11.7. The lowest BCUT2D eigenvalue weighted by molar-refractivity contribution is 0.540. The number of hydrogen-bond donors (Lipinski definition) is 0. The second-order valence-electron chi connectivity index (χ2n) is 4.41. The summed E-state index contributed by atoms with van der Waals surface area (Å²) in [7, 11) is -4.05. The van der Waals surface area contributed by atoms with Gasteiger partial charge < -0.3 is 4.74 Å². The largest absolute Gasteiger partial charge is 0.437 e. The van der Waals surface area contributed by atoms with Crippen molar-refractivity contribution in [2.45, 2.75) is 11.8 Å². The van der Waals surface area contributed by atoms with Gasteiger partial charge >= 0.3 is 0 Å². The van der Waals surface area contributed by atoms with E-state index >= 15 is 0 Å². The summed E-state index contributed by atoms with van der Waals surface area (Å²) in [5.74, 6) is 0.313. The summed E-state index contributed by atoms with van der Waals surface area (Å²) in [5, 5.41) is 3.19. The van der Waals surface area contributed by atoms with E-state index in [0.717, 1.165) is 10.0 Å². The quantitative estimate of drug-likeness (QED) is 0.256. The molecule has 0 radical (unpaired) electrons. The van der Waals surface area contributed by atoms with Crippen molar-refractivity contribution in [1.29, 1.82) is 0 Å². The van der Waals surface area contributed by atoms with Gasteiger partial charge in [0.2, 0.25) is 0 Å². The molecule has 0 aliphatic heterocycles. The number of hydrogen-bond acceptors (Lipinski definition) is 3. The number of sulfonamides is 1. The second-order valence-corrected chi connectivity index (χ2v) is 6.93. The van der Waals surface area contributed by atoms with Gasteiger partial charge in [0, 0.05) is 9.38 Å². The molecule has 7 nitrogen and oxygen atoms in total. The molecule has 2 aromatic carbocycles. The topological polar surface area (TPSA) is 104 Å². The smallest absolute Gasteiger partial charge is 0.295 e. The molecule has 23 heavy (non-hydrogen) atoms. The van der Waals surface area contributed by atoms with Crippen molar-refractivity contribution < 1.29 is 13.2 Å². The highest BCUT2D eigenvalue weighted by Gasteiger charge is 2.15. The molecule has 118 valence electrons. The van der Waals surface area contributed by atoms with Gasteiger partial charge in [-0.3, -0.25) is 0 Å². The van der Waals surface area contributed by atoms with Crippen molar-refractivity contribution in [3.05, 3.63) is 69.0 Å². The fourth-order valence-corrected chi connectivity index (χ4v) is 2.70. The van der Waals surface area contributed by atoms with Crippen LogP contribution >= 0.6 is 15.9 Å². The minimum Gasteiger partial charge on any atom is -0.437 e. The molecule has 0 aliphatic rings. The molecule has 0 amide bonds. The number of aryl methyl sites for hydroxylation is 1. The second kappa shape index (κ2) is 7.28. The highest BCUT2D eigenvalue weighted by molar-refractivity contribution is 9.10. The lowest BCUT2D eigenvalue weighted by Gasteiger charge is -2.05. The van der Waals surface area contributed by atoms with Gasteiger partial charge in [-0.1, -0.05) is 33.6 Å². The van der Waals surface area contributed by atoms with Crippen molar-refractivity contribution in [1.82, 2.24) is 0 Å². The Kier molecular flexibility index (Phi) is 5.38. The van der Waals surface area contributed by atoms with E-state index in [2.05, 4.69) is 30.4 Å². The molecule has 0 aliphatic carbocycles. The molecule has 0 aromatic heterocycles. The van der Waals surface area contributed by atoms with E-state index in [1.807, 2.05) is 6.92 Å². The number of amidine groups is 1. The average Bonchev–Trinajstić information content (AvgIpc) is 2.50. The average molecular weight is 395 g/mol. The summed E-state index contributed by atoms with van der Waals surface area (Å²) >= 11 is 3.22. The van der Waals surface area contributed by atoms with Gasteiger partial charge in [-0.15, -0.1) is 4.40 Å². The number of benzene rings is 2. The summed E-state index contributed by atoms with van der Waals surface area (Å²) in [6.07, 6.45) is 0. The molecule has 0 unspecified atom stereocenters. The molecule has 9 heteroatoms. The molecule has 0 atom stereocenters. The predicted molar refractivity (Wildman–Crippen MR) is 89.7 cm³/mol. The van der Waals surface area contributed by atoms with Gasteiger partial charge in [0.05, 0.1) is 4.90 Å². The zero-order chi connectivity index (χ0) is 16.9. The summed E-state index contributed by atoms with van der Waals surface area (Å²) in [6.45, 7) is 1.89. The molecule has 0 saturated carbocycles. The van der Waals surface area contributed by atoms with E-state index in [1.165, 1.54) is 12.1 Å². The van der Waals surface area contributed by atoms with E-state index < -0.39 is 16.0 Å². The first-order valence-electron chi connectivity index (χ1n) is 6.31. The lowest BCUT2D eigenvalue weighted by atomic mass is 10.2. The Morgan fingerprint density at radius 1 is 1.13 bits per heavy atom. The van der Waals surface area contributed by atoms with Gasteiger partial charge in [0.15, 0.2) is 0 Å². The summed E-state index contributed by atoms with van der Waals surface area (Å²) in [6, 6.07) is 12.1. The van der Waals surface area contributed by atoms with Crippen LogP contribution in [0, 0.1) is 6.92 Å². The third kappa shape index (κ3) is 4.82. The van der Waals surface area contributed by atoms with Crippen LogP contribution in [0.4, 0.5) is 0 Å². The number of azide groups is 1. The Morgan fingerprint density at radius 3 is 2.30 bits per heavy atom. The molecule has 0 bridgehead atoms. The Morgan fingerprint density at radius 2 is 1.74 bits per heavy atom. The molecule has 0 saturated heterocycles. The van der Waals surface area contributed by atoms with E-state index in [0.29, 0.717) is 5.75 Å². The van der Waals surface area contributed by atoms with E-state index in [4.69, 9.17) is 10.3 Å². The first-order valence-corrected chi connectivity index (χ1v) is 8.54. The van der Waals surface area contributed by atoms with Crippen LogP contribution in [-0.2, 0) is 10.0 Å². The summed E-state index contributed by atoms with van der Waals surface area (Å²) in [5.41, 5.74) is 9.56. The third-order valence-corrected chi connectivity index (χ3v) is 4.46. The molecule has 2 aromatic rings. The SMILES string of the molecule is Cc1ccc(OC(N=[N+]=[N-])=NS(=O)(=O)c2ccc(Br)cc2)cc1. The van der Waals surface area contributed by atoms with Crippen molar-refractivity contribution in [2.24, 2.45) is 9.51 Å².